The first kappa shape index (κ1) is 21.1. The lowest BCUT2D eigenvalue weighted by Crippen LogP contribution is -2.26. The summed E-state index contributed by atoms with van der Waals surface area (Å²) in [7, 11) is -2.56. The first-order valence-corrected chi connectivity index (χ1v) is 10.5. The van der Waals surface area contributed by atoms with E-state index in [1.54, 1.807) is 0 Å². The number of phenolic OH excluding ortho intramolecular Hbond substituents is 1. The topological polar surface area (TPSA) is 137 Å². The standard InChI is InChI=1S/C19H24N4O5S/c1-12-15-5-4-14(10-16(15)23-22-12)28-8-7-21-11-18(25)13-3-6-17(24)19(9-13)29(26,27)20-2/h3-6,9-10,18,20-21,24-25H,7-8,11H2,1-2H3,(H,22,23). The van der Waals surface area contributed by atoms with Crippen molar-refractivity contribution >= 4 is 20.9 Å². The van der Waals surface area contributed by atoms with Crippen LogP contribution in [0.1, 0.15) is 17.4 Å². The van der Waals surface area contributed by atoms with Crippen molar-refractivity contribution < 1.29 is 23.4 Å². The number of nitrogens with one attached hydrogen (secondary N) is 3. The average molecular weight is 420 g/mol. The molecule has 5 N–H and O–H groups in total. The number of benzene rings is 2. The number of fused-ring (bicyclic) bond motifs is 1. The number of rotatable bonds is 9. The monoisotopic (exact) mass is 420 g/mol. The van der Waals surface area contributed by atoms with E-state index in [4.69, 9.17) is 4.74 Å². The van der Waals surface area contributed by atoms with Gasteiger partial charge in [0.1, 0.15) is 23.0 Å². The second kappa shape index (κ2) is 8.78. The molecule has 0 bridgehead atoms. The molecule has 1 aromatic heterocycles. The van der Waals surface area contributed by atoms with Gasteiger partial charge in [-0.15, -0.1) is 0 Å². The molecule has 3 aromatic rings. The molecule has 0 aliphatic carbocycles. The first-order valence-electron chi connectivity index (χ1n) is 9.04. The number of hydrogen-bond donors (Lipinski definition) is 5. The SMILES string of the molecule is CNS(=O)(=O)c1cc(C(O)CNCCOc2ccc3c(C)[nH]nc3c2)ccc1O. The van der Waals surface area contributed by atoms with Gasteiger partial charge in [0, 0.05) is 30.2 Å². The normalized spacial score (nSPS) is 12.9. The van der Waals surface area contributed by atoms with Crippen molar-refractivity contribution in [2.24, 2.45) is 0 Å². The number of aromatic hydroxyl groups is 1. The second-order valence-corrected chi connectivity index (χ2v) is 8.39. The number of aromatic nitrogens is 2. The van der Waals surface area contributed by atoms with Crippen molar-refractivity contribution in [1.29, 1.82) is 0 Å². The zero-order chi connectivity index (χ0) is 21.0. The van der Waals surface area contributed by atoms with Crippen LogP contribution in [0.2, 0.25) is 0 Å². The summed E-state index contributed by atoms with van der Waals surface area (Å²) in [4.78, 5) is -0.274. The van der Waals surface area contributed by atoms with Gasteiger partial charge in [0.2, 0.25) is 10.0 Å². The van der Waals surface area contributed by atoms with E-state index >= 15 is 0 Å². The van der Waals surface area contributed by atoms with Gasteiger partial charge in [0.15, 0.2) is 0 Å². The van der Waals surface area contributed by atoms with E-state index in [1.807, 2.05) is 25.1 Å². The number of aromatic amines is 1. The lowest BCUT2D eigenvalue weighted by molar-refractivity contribution is 0.171. The van der Waals surface area contributed by atoms with Gasteiger partial charge in [-0.2, -0.15) is 5.10 Å². The largest absolute Gasteiger partial charge is 0.507 e. The number of hydrogen-bond acceptors (Lipinski definition) is 7. The fourth-order valence-corrected chi connectivity index (χ4v) is 3.73. The van der Waals surface area contributed by atoms with E-state index in [0.29, 0.717) is 24.5 Å². The van der Waals surface area contributed by atoms with Gasteiger partial charge in [-0.1, -0.05) is 6.07 Å². The van der Waals surface area contributed by atoms with Crippen molar-refractivity contribution in [3.63, 3.8) is 0 Å². The fraction of sp³-hybridized carbons (Fsp3) is 0.316. The Labute approximate surface area is 168 Å². The number of H-pyrrole nitrogens is 1. The molecule has 1 unspecified atom stereocenters. The Hall–Kier alpha value is -2.66. The summed E-state index contributed by atoms with van der Waals surface area (Å²) in [5.41, 5.74) is 2.22. The van der Waals surface area contributed by atoms with Crippen molar-refractivity contribution in [2.45, 2.75) is 17.9 Å². The van der Waals surface area contributed by atoms with Crippen LogP contribution in [-0.2, 0) is 10.0 Å². The minimum absolute atomic E-state index is 0.199. The molecule has 10 heteroatoms. The molecule has 0 saturated carbocycles. The van der Waals surface area contributed by atoms with Gasteiger partial charge >= 0.3 is 0 Å². The van der Waals surface area contributed by atoms with Crippen LogP contribution in [0.4, 0.5) is 0 Å². The third-order valence-corrected chi connectivity index (χ3v) is 5.97. The number of aliphatic hydroxyl groups excluding tert-OH is 1. The highest BCUT2D eigenvalue weighted by Crippen LogP contribution is 2.26. The molecule has 0 saturated heterocycles. The summed E-state index contributed by atoms with van der Waals surface area (Å²) in [6, 6.07) is 9.66. The van der Waals surface area contributed by atoms with Gasteiger partial charge in [-0.3, -0.25) is 5.10 Å². The third kappa shape index (κ3) is 4.85. The van der Waals surface area contributed by atoms with Crippen molar-refractivity contribution in [1.82, 2.24) is 20.2 Å². The summed E-state index contributed by atoms with van der Waals surface area (Å²) in [6.07, 6.45) is -0.940. The number of nitrogens with zero attached hydrogens (tertiary/aromatic N) is 1. The molecule has 0 spiro atoms. The molecule has 29 heavy (non-hydrogen) atoms. The zero-order valence-corrected chi connectivity index (χ0v) is 17.0. The maximum Gasteiger partial charge on any atom is 0.243 e. The molecular weight excluding hydrogens is 396 g/mol. The molecule has 9 nitrogen and oxygen atoms in total. The van der Waals surface area contributed by atoms with Crippen LogP contribution in [0, 0.1) is 6.92 Å². The molecule has 0 fully saturated rings. The molecule has 1 atom stereocenters. The van der Waals surface area contributed by atoms with Gasteiger partial charge in [0.05, 0.1) is 11.6 Å². The highest BCUT2D eigenvalue weighted by molar-refractivity contribution is 7.89. The van der Waals surface area contributed by atoms with E-state index < -0.39 is 16.1 Å². The Morgan fingerprint density at radius 3 is 2.79 bits per heavy atom. The molecule has 0 aliphatic rings. The molecule has 156 valence electrons. The van der Waals surface area contributed by atoms with Crippen LogP contribution in [0.15, 0.2) is 41.3 Å². The summed E-state index contributed by atoms with van der Waals surface area (Å²) >= 11 is 0. The molecule has 1 heterocycles. The summed E-state index contributed by atoms with van der Waals surface area (Å²) in [5.74, 6) is 0.326. The third-order valence-electron chi connectivity index (χ3n) is 4.53. The van der Waals surface area contributed by atoms with Gasteiger partial charge in [0.25, 0.3) is 0 Å². The lowest BCUT2D eigenvalue weighted by Gasteiger charge is -2.14. The summed E-state index contributed by atoms with van der Waals surface area (Å²) in [5, 5.41) is 31.3. The predicted molar refractivity (Wildman–Crippen MR) is 109 cm³/mol. The Kier molecular flexibility index (Phi) is 6.38. The van der Waals surface area contributed by atoms with Crippen LogP contribution in [0.3, 0.4) is 0 Å². The molecule has 0 aliphatic heterocycles. The lowest BCUT2D eigenvalue weighted by atomic mass is 10.1. The second-order valence-electron chi connectivity index (χ2n) is 6.53. The Balaban J connectivity index is 1.50. The van der Waals surface area contributed by atoms with E-state index in [0.717, 1.165) is 16.6 Å². The minimum Gasteiger partial charge on any atom is -0.507 e. The van der Waals surface area contributed by atoms with E-state index in [1.165, 1.54) is 25.2 Å². The Morgan fingerprint density at radius 1 is 1.24 bits per heavy atom. The van der Waals surface area contributed by atoms with E-state index in [9.17, 15) is 18.6 Å². The Bertz CT molecular complexity index is 1100. The number of ether oxygens (including phenoxy) is 1. The van der Waals surface area contributed by atoms with Crippen molar-refractivity contribution in [3.8, 4) is 11.5 Å². The van der Waals surface area contributed by atoms with E-state index in [2.05, 4.69) is 20.2 Å². The van der Waals surface area contributed by atoms with Crippen LogP contribution in [0.5, 0.6) is 11.5 Å². The summed E-state index contributed by atoms with van der Waals surface area (Å²) in [6.45, 7) is 3.02. The van der Waals surface area contributed by atoms with E-state index in [-0.39, 0.29) is 17.2 Å². The molecule has 0 amide bonds. The van der Waals surface area contributed by atoms with Gasteiger partial charge in [-0.25, -0.2) is 13.1 Å². The molecule has 3 rings (SSSR count). The molecule has 2 aromatic carbocycles. The van der Waals surface area contributed by atoms with Crippen LogP contribution >= 0.6 is 0 Å². The minimum atomic E-state index is -3.82. The zero-order valence-electron chi connectivity index (χ0n) is 16.1. The molecule has 0 radical (unpaired) electrons. The first-order chi connectivity index (χ1) is 13.8. The van der Waals surface area contributed by atoms with Crippen LogP contribution in [0.25, 0.3) is 10.9 Å². The van der Waals surface area contributed by atoms with Crippen LogP contribution in [-0.4, -0.2) is 55.6 Å². The Morgan fingerprint density at radius 2 is 2.03 bits per heavy atom. The quantitative estimate of drug-likeness (QED) is 0.328. The van der Waals surface area contributed by atoms with Crippen molar-refractivity contribution in [2.75, 3.05) is 26.7 Å². The van der Waals surface area contributed by atoms with Gasteiger partial charge in [-0.05, 0) is 43.8 Å². The predicted octanol–water partition coefficient (Wildman–Crippen LogP) is 1.19. The maximum atomic E-state index is 11.9. The smallest absolute Gasteiger partial charge is 0.243 e. The number of phenols is 1. The highest BCUT2D eigenvalue weighted by Gasteiger charge is 2.19. The molecular formula is C19H24N4O5S. The van der Waals surface area contributed by atoms with Crippen LogP contribution < -0.4 is 14.8 Å². The van der Waals surface area contributed by atoms with Gasteiger partial charge < -0.3 is 20.3 Å². The average Bonchev–Trinajstić information content (AvgIpc) is 3.08. The number of aliphatic hydroxyl groups is 1. The highest BCUT2D eigenvalue weighted by atomic mass is 32.2. The maximum absolute atomic E-state index is 11.9. The summed E-state index contributed by atoms with van der Waals surface area (Å²) < 4.78 is 31.7. The number of aryl methyl sites for hydroxylation is 1. The van der Waals surface area contributed by atoms with Crippen molar-refractivity contribution in [3.05, 3.63) is 47.7 Å². The number of sulfonamides is 1. The fourth-order valence-electron chi connectivity index (χ4n) is 2.88.